The number of alkyl halides is 3. The summed E-state index contributed by atoms with van der Waals surface area (Å²) in [5.41, 5.74) is -0.829. The minimum absolute atomic E-state index is 0.0357. The zero-order chi connectivity index (χ0) is 15.8. The minimum Gasteiger partial charge on any atom is -0.464 e. The number of methoxy groups -OCH3 is 1. The van der Waals surface area contributed by atoms with E-state index < -0.39 is 17.7 Å². The summed E-state index contributed by atoms with van der Waals surface area (Å²) in [5.74, 6) is -0.666. The molecule has 1 aromatic carbocycles. The summed E-state index contributed by atoms with van der Waals surface area (Å²) in [7, 11) is 1.20. The van der Waals surface area contributed by atoms with E-state index in [2.05, 4.69) is 25.7 Å². The fourth-order valence-corrected chi connectivity index (χ4v) is 3.04. The number of aryl methyl sites for hydroxylation is 1. The highest BCUT2D eigenvalue weighted by molar-refractivity contribution is 9.10. The van der Waals surface area contributed by atoms with Gasteiger partial charge >= 0.3 is 12.1 Å². The molecule has 2 rings (SSSR count). The van der Waals surface area contributed by atoms with Crippen LogP contribution in [0.5, 0.6) is 0 Å². The van der Waals surface area contributed by atoms with Crippen LogP contribution in [0.1, 0.15) is 20.9 Å². The Hall–Kier alpha value is -1.41. The Morgan fingerprint density at radius 1 is 1.38 bits per heavy atom. The van der Waals surface area contributed by atoms with Crippen LogP contribution in [-0.2, 0) is 10.9 Å². The number of benzene rings is 1. The zero-order valence-corrected chi connectivity index (χ0v) is 13.3. The second-order valence-corrected chi connectivity index (χ2v) is 6.22. The smallest absolute Gasteiger partial charge is 0.417 e. The summed E-state index contributed by atoms with van der Waals surface area (Å²) in [6.07, 6.45) is -4.51. The highest BCUT2D eigenvalue weighted by atomic mass is 79.9. The molecule has 1 heterocycles. The molecule has 0 aliphatic carbocycles. The van der Waals surface area contributed by atoms with Crippen LogP contribution in [0.15, 0.2) is 22.7 Å². The molecule has 0 fully saturated rings. The first kappa shape index (κ1) is 16.0. The van der Waals surface area contributed by atoms with E-state index in [0.717, 1.165) is 17.4 Å². The Morgan fingerprint density at radius 3 is 2.62 bits per heavy atom. The Bertz CT molecular complexity index is 697. The highest BCUT2D eigenvalue weighted by Crippen LogP contribution is 2.40. The summed E-state index contributed by atoms with van der Waals surface area (Å²) in [4.78, 5) is 16.0. The molecule has 0 aliphatic rings. The van der Waals surface area contributed by atoms with Crippen LogP contribution in [0.25, 0.3) is 10.6 Å². The molecule has 0 aliphatic heterocycles. The molecule has 0 unspecified atom stereocenters. The van der Waals surface area contributed by atoms with Gasteiger partial charge in [0.2, 0.25) is 0 Å². The molecule has 0 bridgehead atoms. The van der Waals surface area contributed by atoms with Crippen molar-refractivity contribution in [1.82, 2.24) is 4.98 Å². The van der Waals surface area contributed by atoms with Gasteiger partial charge in [-0.2, -0.15) is 13.2 Å². The quantitative estimate of drug-likeness (QED) is 0.710. The van der Waals surface area contributed by atoms with Gasteiger partial charge in [-0.05, 0) is 19.1 Å². The van der Waals surface area contributed by atoms with Crippen molar-refractivity contribution in [3.05, 3.63) is 38.8 Å². The minimum atomic E-state index is -4.51. The van der Waals surface area contributed by atoms with Crippen molar-refractivity contribution in [1.29, 1.82) is 0 Å². The number of ether oxygens (including phenoxy) is 1. The molecular weight excluding hydrogens is 371 g/mol. The number of hydrogen-bond donors (Lipinski definition) is 0. The molecule has 2 aromatic rings. The van der Waals surface area contributed by atoms with Crippen molar-refractivity contribution < 1.29 is 22.7 Å². The first-order chi connectivity index (χ1) is 9.74. The summed E-state index contributed by atoms with van der Waals surface area (Å²) in [6.45, 7) is 1.61. The van der Waals surface area contributed by atoms with Gasteiger partial charge in [-0.3, -0.25) is 0 Å². The van der Waals surface area contributed by atoms with E-state index in [0.29, 0.717) is 9.35 Å². The molecule has 0 radical (unpaired) electrons. The summed E-state index contributed by atoms with van der Waals surface area (Å²) in [6, 6.07) is 3.81. The van der Waals surface area contributed by atoms with Gasteiger partial charge in [0, 0.05) is 14.9 Å². The van der Waals surface area contributed by atoms with E-state index in [1.54, 1.807) is 6.92 Å². The third-order valence-corrected chi connectivity index (χ3v) is 4.19. The second-order valence-electron chi connectivity index (χ2n) is 4.10. The average molecular weight is 380 g/mol. The third-order valence-electron chi connectivity index (χ3n) is 2.69. The average Bonchev–Trinajstić information content (AvgIpc) is 2.78. The monoisotopic (exact) mass is 379 g/mol. The summed E-state index contributed by atoms with van der Waals surface area (Å²) >= 11 is 4.04. The van der Waals surface area contributed by atoms with Crippen LogP contribution < -0.4 is 0 Å². The van der Waals surface area contributed by atoms with Crippen molar-refractivity contribution in [2.24, 2.45) is 0 Å². The molecule has 21 heavy (non-hydrogen) atoms. The molecule has 8 heteroatoms. The van der Waals surface area contributed by atoms with Gasteiger partial charge in [-0.1, -0.05) is 22.0 Å². The van der Waals surface area contributed by atoms with Crippen LogP contribution in [0.4, 0.5) is 13.2 Å². The number of esters is 1. The third kappa shape index (κ3) is 3.26. The number of carbonyl (C=O) groups excluding carboxylic acids is 1. The van der Waals surface area contributed by atoms with Gasteiger partial charge in [-0.25, -0.2) is 9.78 Å². The highest BCUT2D eigenvalue weighted by Gasteiger charge is 2.35. The van der Waals surface area contributed by atoms with Crippen molar-refractivity contribution in [2.45, 2.75) is 13.1 Å². The van der Waals surface area contributed by atoms with Gasteiger partial charge in [0.15, 0.2) is 5.69 Å². The normalized spacial score (nSPS) is 11.5. The number of thiazole rings is 1. The molecule has 0 N–H and O–H groups in total. The molecule has 0 saturated carbocycles. The van der Waals surface area contributed by atoms with Gasteiger partial charge in [0.05, 0.1) is 12.7 Å². The first-order valence-corrected chi connectivity index (χ1v) is 7.28. The van der Waals surface area contributed by atoms with Gasteiger partial charge < -0.3 is 4.74 Å². The fraction of sp³-hybridized carbons (Fsp3) is 0.231. The SMILES string of the molecule is COC(=O)c1nc(-c2ccc(Br)cc2C(F)(F)F)sc1C. The molecule has 0 spiro atoms. The van der Waals surface area contributed by atoms with Crippen LogP contribution in [0.3, 0.4) is 0 Å². The van der Waals surface area contributed by atoms with Crippen molar-refractivity contribution in [3.8, 4) is 10.6 Å². The number of hydrogen-bond acceptors (Lipinski definition) is 4. The number of carbonyl (C=O) groups is 1. The maximum atomic E-state index is 13.1. The Kier molecular flexibility index (Phi) is 4.38. The molecular formula is C13H9BrF3NO2S. The van der Waals surface area contributed by atoms with Crippen molar-refractivity contribution >= 4 is 33.2 Å². The molecule has 0 saturated heterocycles. The van der Waals surface area contributed by atoms with Crippen LogP contribution in [0.2, 0.25) is 0 Å². The molecule has 112 valence electrons. The van der Waals surface area contributed by atoms with Crippen LogP contribution in [0, 0.1) is 6.92 Å². The second kappa shape index (κ2) is 5.76. The number of rotatable bonds is 2. The van der Waals surface area contributed by atoms with E-state index in [1.807, 2.05) is 0 Å². The van der Waals surface area contributed by atoms with E-state index in [4.69, 9.17) is 0 Å². The fourth-order valence-electron chi connectivity index (χ4n) is 1.74. The predicted molar refractivity (Wildman–Crippen MR) is 76.3 cm³/mol. The number of nitrogens with zero attached hydrogens (tertiary/aromatic N) is 1. The lowest BCUT2D eigenvalue weighted by atomic mass is 10.1. The maximum absolute atomic E-state index is 13.1. The van der Waals surface area contributed by atoms with Gasteiger partial charge in [0.1, 0.15) is 5.01 Å². The lowest BCUT2D eigenvalue weighted by Gasteiger charge is -2.11. The van der Waals surface area contributed by atoms with Crippen molar-refractivity contribution in [3.63, 3.8) is 0 Å². The lowest BCUT2D eigenvalue weighted by Crippen LogP contribution is -2.07. The Morgan fingerprint density at radius 2 is 2.05 bits per heavy atom. The first-order valence-electron chi connectivity index (χ1n) is 5.67. The van der Waals surface area contributed by atoms with E-state index >= 15 is 0 Å². The van der Waals surface area contributed by atoms with Gasteiger partial charge in [-0.15, -0.1) is 11.3 Å². The number of halogens is 4. The van der Waals surface area contributed by atoms with Crippen LogP contribution in [-0.4, -0.2) is 18.1 Å². The molecule has 3 nitrogen and oxygen atoms in total. The topological polar surface area (TPSA) is 39.2 Å². The Labute approximate surface area is 130 Å². The zero-order valence-electron chi connectivity index (χ0n) is 10.9. The standard InChI is InChI=1S/C13H9BrF3NO2S/c1-6-10(12(19)20-2)18-11(21-6)8-4-3-7(14)5-9(8)13(15,16)17/h3-5H,1-2H3. The predicted octanol–water partition coefficient (Wildman–Crippen LogP) is 4.69. The van der Waals surface area contributed by atoms with Crippen LogP contribution >= 0.6 is 27.3 Å². The van der Waals surface area contributed by atoms with Gasteiger partial charge in [0.25, 0.3) is 0 Å². The Balaban J connectivity index is 2.60. The van der Waals surface area contributed by atoms with E-state index in [9.17, 15) is 18.0 Å². The molecule has 0 amide bonds. The number of aromatic nitrogens is 1. The maximum Gasteiger partial charge on any atom is 0.417 e. The largest absolute Gasteiger partial charge is 0.464 e. The van der Waals surface area contributed by atoms with E-state index in [-0.39, 0.29) is 16.3 Å². The lowest BCUT2D eigenvalue weighted by molar-refractivity contribution is -0.137. The van der Waals surface area contributed by atoms with Crippen molar-refractivity contribution in [2.75, 3.05) is 7.11 Å². The summed E-state index contributed by atoms with van der Waals surface area (Å²) < 4.78 is 44.2. The molecule has 0 atom stereocenters. The van der Waals surface area contributed by atoms with E-state index in [1.165, 1.54) is 19.2 Å². The summed E-state index contributed by atoms with van der Waals surface area (Å²) in [5, 5.41) is 0.132. The molecule has 1 aromatic heterocycles.